The number of piperidine rings is 1. The van der Waals surface area contributed by atoms with Crippen LogP contribution in [0.1, 0.15) is 71.1 Å². The fourth-order valence-electron chi connectivity index (χ4n) is 12.5. The number of hydrogen-bond donors (Lipinski definition) is 6. The number of aliphatic hydroxyl groups excluding tert-OH is 1. The molecule has 5 fully saturated rings. The average molecular weight is 612 g/mol. The van der Waals surface area contributed by atoms with Gasteiger partial charge in [0.1, 0.15) is 5.60 Å². The number of fused-ring (bicyclic) bond motifs is 1. The van der Waals surface area contributed by atoms with E-state index >= 15 is 0 Å². The van der Waals surface area contributed by atoms with Crippen molar-refractivity contribution in [3.05, 3.63) is 23.4 Å². The molecule has 10 heteroatoms. The summed E-state index contributed by atoms with van der Waals surface area (Å²) >= 11 is 0. The molecule has 7 rings (SSSR count). The van der Waals surface area contributed by atoms with Crippen LogP contribution in [-0.4, -0.2) is 96.3 Å². The summed E-state index contributed by atoms with van der Waals surface area (Å²) in [5.41, 5.74) is 5.01. The first-order valence-corrected chi connectivity index (χ1v) is 17.2. The van der Waals surface area contributed by atoms with Crippen LogP contribution in [0.2, 0.25) is 0 Å². The molecular formula is C34H53N5O5. The molecule has 7 N–H and O–H groups in total. The summed E-state index contributed by atoms with van der Waals surface area (Å²) in [4.78, 5) is 19.8. The minimum Gasteiger partial charge on any atom is -0.478 e. The van der Waals surface area contributed by atoms with Gasteiger partial charge in [-0.2, -0.15) is 0 Å². The number of carbonyl (C=O) groups is 1. The number of carboxylic acid groups (broad SMARTS) is 1. The number of rotatable bonds is 8. The largest absolute Gasteiger partial charge is 0.478 e. The average Bonchev–Trinajstić information content (AvgIpc) is 3.37. The lowest BCUT2D eigenvalue weighted by Gasteiger charge is -2.70. The molecule has 0 aromatic rings. The minimum atomic E-state index is -1.55. The van der Waals surface area contributed by atoms with Crippen molar-refractivity contribution in [2.75, 3.05) is 46.4 Å². The van der Waals surface area contributed by atoms with Crippen LogP contribution in [0.4, 0.5) is 0 Å². The molecule has 5 aliphatic carbocycles. The maximum absolute atomic E-state index is 13.4. The first-order chi connectivity index (χ1) is 21.2. The molecule has 0 aromatic carbocycles. The standard InChI is InChI=1S/C34H53N5O5/c1-21-8-9-22-17-24-28(29(41)42)32(43,20-44-26-7-3-6-25-23(26)5-4-13-38-25)27-10-11-31(18-37-14-16-40)12-15-39(30(35)36-2)19-33(22,31)34(21,24)27/h12,15,21-23,25-27,37-38,40,43H,3-11,13-14,16-20H2,1-2H3,(H2,35,36)(H,41,42)/t21-,22-,23+,25-,26+,27-,31+,32-,33-,34+/m1/s1. The van der Waals surface area contributed by atoms with E-state index < -0.39 is 17.0 Å². The third kappa shape index (κ3) is 3.90. The molecule has 4 saturated carbocycles. The van der Waals surface area contributed by atoms with Crippen LogP contribution in [0, 0.1) is 39.9 Å². The molecule has 2 spiro atoms. The number of nitrogens with one attached hydrogen (secondary N) is 2. The van der Waals surface area contributed by atoms with Crippen LogP contribution in [0.15, 0.2) is 28.4 Å². The van der Waals surface area contributed by atoms with Crippen molar-refractivity contribution in [1.82, 2.24) is 15.5 Å². The summed E-state index contributed by atoms with van der Waals surface area (Å²) in [5.74, 6) is 0.0769. The summed E-state index contributed by atoms with van der Waals surface area (Å²) in [5, 5.41) is 40.9. The first kappa shape index (κ1) is 30.7. The molecule has 244 valence electrons. The Hall–Kier alpha value is -1.98. The summed E-state index contributed by atoms with van der Waals surface area (Å²) in [6.07, 6.45) is 14.2. The molecule has 7 aliphatic rings. The molecule has 0 unspecified atom stereocenters. The fraction of sp³-hybridized carbons (Fsp3) is 0.824. The number of nitrogens with zero attached hydrogens (tertiary/aromatic N) is 2. The van der Waals surface area contributed by atoms with Crippen molar-refractivity contribution in [1.29, 1.82) is 0 Å². The van der Waals surface area contributed by atoms with Crippen LogP contribution < -0.4 is 16.4 Å². The third-order valence-electron chi connectivity index (χ3n) is 13.8. The highest BCUT2D eigenvalue weighted by Crippen LogP contribution is 2.84. The number of carboxylic acids is 1. The number of aliphatic hydroxyl groups is 2. The molecule has 0 amide bonds. The summed E-state index contributed by atoms with van der Waals surface area (Å²) < 4.78 is 6.77. The van der Waals surface area contributed by atoms with Gasteiger partial charge < -0.3 is 41.3 Å². The van der Waals surface area contributed by atoms with E-state index in [2.05, 4.69) is 39.7 Å². The van der Waals surface area contributed by atoms with E-state index in [4.69, 9.17) is 10.5 Å². The Kier molecular flexibility index (Phi) is 7.72. The van der Waals surface area contributed by atoms with Gasteiger partial charge in [-0.3, -0.25) is 4.99 Å². The molecule has 2 bridgehead atoms. The molecule has 2 aliphatic heterocycles. The topological polar surface area (TPSA) is 153 Å². The summed E-state index contributed by atoms with van der Waals surface area (Å²) in [6.45, 7) is 5.30. The maximum atomic E-state index is 13.4. The number of allylic oxidation sites excluding steroid dienone is 1. The van der Waals surface area contributed by atoms with E-state index in [-0.39, 0.29) is 53.5 Å². The number of guanidine groups is 1. The lowest BCUT2D eigenvalue weighted by Crippen LogP contribution is -2.72. The van der Waals surface area contributed by atoms with Gasteiger partial charge in [-0.05, 0) is 88.2 Å². The van der Waals surface area contributed by atoms with Crippen molar-refractivity contribution >= 4 is 11.9 Å². The molecule has 10 nitrogen and oxygen atoms in total. The third-order valence-corrected chi connectivity index (χ3v) is 13.8. The van der Waals surface area contributed by atoms with Crippen molar-refractivity contribution < 1.29 is 24.9 Å². The molecule has 10 atom stereocenters. The lowest BCUT2D eigenvalue weighted by molar-refractivity contribution is -0.223. The van der Waals surface area contributed by atoms with E-state index in [1.54, 1.807) is 7.05 Å². The van der Waals surface area contributed by atoms with Gasteiger partial charge in [-0.15, -0.1) is 0 Å². The van der Waals surface area contributed by atoms with Gasteiger partial charge >= 0.3 is 5.97 Å². The lowest BCUT2D eigenvalue weighted by atomic mass is 9.35. The molecule has 0 radical (unpaired) electrons. The van der Waals surface area contributed by atoms with E-state index in [9.17, 15) is 20.1 Å². The van der Waals surface area contributed by atoms with Gasteiger partial charge in [0.05, 0.1) is 24.9 Å². The Bertz CT molecular complexity index is 1250. The predicted molar refractivity (Wildman–Crippen MR) is 168 cm³/mol. The zero-order chi connectivity index (χ0) is 30.9. The van der Waals surface area contributed by atoms with Gasteiger partial charge in [0, 0.05) is 67.0 Å². The Balaban J connectivity index is 1.34. The van der Waals surface area contributed by atoms with Gasteiger partial charge in [-0.25, -0.2) is 4.79 Å². The fourth-order valence-corrected chi connectivity index (χ4v) is 12.5. The zero-order valence-corrected chi connectivity index (χ0v) is 26.6. The Labute approximate surface area is 261 Å². The van der Waals surface area contributed by atoms with Crippen molar-refractivity contribution in [3.8, 4) is 0 Å². The normalized spacial score (nSPS) is 46.1. The quantitative estimate of drug-likeness (QED) is 0.138. The molecule has 0 aromatic heterocycles. The second kappa shape index (κ2) is 11.1. The predicted octanol–water partition coefficient (Wildman–Crippen LogP) is 2.22. The SMILES string of the molecule is CN=C(N)N1C=C[C@]2(CNCCO)CC[C@H]3[C@@]45C(=C(C(=O)O)[C@@]3(O)CO[C@H]3CCC[C@H]6NCCC[C@H]36)C[C@@H](CC[C@H]4C)[C@]25C1. The second-order valence-electron chi connectivity index (χ2n) is 15.1. The van der Waals surface area contributed by atoms with Crippen LogP contribution in [0.5, 0.6) is 0 Å². The van der Waals surface area contributed by atoms with Gasteiger partial charge in [0.25, 0.3) is 0 Å². The maximum Gasteiger partial charge on any atom is 0.334 e. The number of ether oxygens (including phenoxy) is 1. The number of aliphatic imine (C=N–C) groups is 1. The molecule has 44 heavy (non-hydrogen) atoms. The van der Waals surface area contributed by atoms with Crippen LogP contribution in [0.25, 0.3) is 0 Å². The highest BCUT2D eigenvalue weighted by Gasteiger charge is 2.83. The number of hydrogen-bond acceptors (Lipinski definition) is 7. The van der Waals surface area contributed by atoms with Crippen LogP contribution in [-0.2, 0) is 9.53 Å². The van der Waals surface area contributed by atoms with Crippen molar-refractivity contribution in [3.63, 3.8) is 0 Å². The van der Waals surface area contributed by atoms with Crippen molar-refractivity contribution in [2.24, 2.45) is 50.6 Å². The summed E-state index contributed by atoms with van der Waals surface area (Å²) in [7, 11) is 1.71. The van der Waals surface area contributed by atoms with E-state index in [1.165, 1.54) is 0 Å². The van der Waals surface area contributed by atoms with Crippen LogP contribution >= 0.6 is 0 Å². The monoisotopic (exact) mass is 611 g/mol. The smallest absolute Gasteiger partial charge is 0.334 e. The summed E-state index contributed by atoms with van der Waals surface area (Å²) in [6, 6.07) is 0.450. The molecule has 2 heterocycles. The minimum absolute atomic E-state index is 0.0353. The van der Waals surface area contributed by atoms with Crippen molar-refractivity contribution in [2.45, 2.75) is 88.9 Å². The van der Waals surface area contributed by atoms with E-state index in [0.717, 1.165) is 69.9 Å². The molecule has 1 saturated heterocycles. The zero-order valence-electron chi connectivity index (χ0n) is 26.6. The van der Waals surface area contributed by atoms with E-state index in [0.29, 0.717) is 44.0 Å². The van der Waals surface area contributed by atoms with Gasteiger partial charge in [-0.1, -0.05) is 13.0 Å². The Morgan fingerprint density at radius 2 is 2.07 bits per heavy atom. The number of nitrogens with two attached hydrogens (primary N) is 1. The van der Waals surface area contributed by atoms with Gasteiger partial charge in [0.2, 0.25) is 0 Å². The van der Waals surface area contributed by atoms with Gasteiger partial charge in [0.15, 0.2) is 5.96 Å². The Morgan fingerprint density at radius 3 is 2.84 bits per heavy atom. The second-order valence-corrected chi connectivity index (χ2v) is 15.1. The van der Waals surface area contributed by atoms with Crippen LogP contribution in [0.3, 0.4) is 0 Å². The highest BCUT2D eigenvalue weighted by molar-refractivity contribution is 5.92. The number of aliphatic carboxylic acids is 1. The highest BCUT2D eigenvalue weighted by atomic mass is 16.5. The molecular weight excluding hydrogens is 558 g/mol. The van der Waals surface area contributed by atoms with E-state index in [1.807, 2.05) is 0 Å². The Morgan fingerprint density at radius 1 is 1.23 bits per heavy atom. The first-order valence-electron chi connectivity index (χ1n) is 17.2.